The molecule has 2 heterocycles. The van der Waals surface area contributed by atoms with Gasteiger partial charge in [-0.05, 0) is 81.8 Å². The fraction of sp³-hybridized carbons (Fsp3) is 0.233. The summed E-state index contributed by atoms with van der Waals surface area (Å²) in [4.78, 5) is 34.5. The zero-order valence-corrected chi connectivity index (χ0v) is 26.6. The zero-order chi connectivity index (χ0) is 29.8. The van der Waals surface area contributed by atoms with Crippen LogP contribution in [0.15, 0.2) is 69.0 Å². The molecule has 0 unspecified atom stereocenters. The van der Waals surface area contributed by atoms with E-state index >= 15 is 0 Å². The third-order valence-electron chi connectivity index (χ3n) is 6.56. The van der Waals surface area contributed by atoms with Gasteiger partial charge in [0.05, 0.1) is 35.4 Å². The van der Waals surface area contributed by atoms with Gasteiger partial charge < -0.3 is 19.1 Å². The molecule has 3 aromatic carbocycles. The number of benzene rings is 3. The van der Waals surface area contributed by atoms with Crippen LogP contribution >= 0.6 is 50.9 Å². The summed E-state index contributed by atoms with van der Waals surface area (Å²) in [5.74, 6) is 0.738. The highest BCUT2D eigenvalue weighted by molar-refractivity contribution is 9.10. The SMILES string of the molecule is COc1cc(/C=C2/SC(=Nc3cccc(C(=O)N4CCOCC4)c3)N(C)C2=O)cc(Br)c1OCc1ccc(Cl)cc1Cl. The maximum atomic E-state index is 13.1. The number of methoxy groups -OCH3 is 1. The second-order valence-electron chi connectivity index (χ2n) is 9.38. The molecule has 218 valence electrons. The van der Waals surface area contributed by atoms with Crippen LogP contribution in [0.4, 0.5) is 5.69 Å². The number of rotatable bonds is 7. The van der Waals surface area contributed by atoms with Gasteiger partial charge in [0, 0.05) is 41.3 Å². The Morgan fingerprint density at radius 2 is 1.93 bits per heavy atom. The minimum absolute atomic E-state index is 0.0624. The molecule has 12 heteroatoms. The summed E-state index contributed by atoms with van der Waals surface area (Å²) in [5, 5.41) is 1.56. The molecule has 2 saturated heterocycles. The monoisotopic (exact) mass is 689 g/mol. The van der Waals surface area contributed by atoms with Crippen LogP contribution in [-0.2, 0) is 16.1 Å². The molecule has 0 aromatic heterocycles. The maximum absolute atomic E-state index is 13.1. The number of morpholine rings is 1. The van der Waals surface area contributed by atoms with Gasteiger partial charge in [0.2, 0.25) is 0 Å². The molecule has 2 aliphatic rings. The van der Waals surface area contributed by atoms with Crippen LogP contribution in [0.25, 0.3) is 6.08 Å². The molecule has 0 aliphatic carbocycles. The molecule has 2 amide bonds. The molecule has 0 atom stereocenters. The van der Waals surface area contributed by atoms with Gasteiger partial charge in [0.25, 0.3) is 11.8 Å². The Labute approximate surface area is 266 Å². The molecule has 0 saturated carbocycles. The quantitative estimate of drug-likeness (QED) is 0.247. The van der Waals surface area contributed by atoms with Gasteiger partial charge in [0.15, 0.2) is 16.7 Å². The average molecular weight is 691 g/mol. The molecule has 3 aromatic rings. The average Bonchev–Trinajstić information content (AvgIpc) is 3.24. The first-order valence-electron chi connectivity index (χ1n) is 12.9. The zero-order valence-electron chi connectivity index (χ0n) is 22.7. The Balaban J connectivity index is 1.34. The van der Waals surface area contributed by atoms with Gasteiger partial charge >= 0.3 is 0 Å². The number of likely N-dealkylation sites (N-methyl/N-ethyl adjacent to an activating group) is 1. The minimum Gasteiger partial charge on any atom is -0.493 e. The summed E-state index contributed by atoms with van der Waals surface area (Å²) >= 11 is 17.1. The predicted octanol–water partition coefficient (Wildman–Crippen LogP) is 7.05. The molecule has 0 bridgehead atoms. The summed E-state index contributed by atoms with van der Waals surface area (Å²) in [6, 6.07) is 16.0. The van der Waals surface area contributed by atoms with E-state index < -0.39 is 0 Å². The molecule has 0 spiro atoms. The molecule has 2 fully saturated rings. The third-order valence-corrected chi connectivity index (χ3v) is 8.79. The van der Waals surface area contributed by atoms with Crippen molar-refractivity contribution in [3.8, 4) is 11.5 Å². The lowest BCUT2D eigenvalue weighted by Crippen LogP contribution is -2.40. The molecular weight excluding hydrogens is 665 g/mol. The number of carbonyl (C=O) groups is 2. The van der Waals surface area contributed by atoms with E-state index in [4.69, 9.17) is 37.4 Å². The van der Waals surface area contributed by atoms with E-state index in [1.807, 2.05) is 12.1 Å². The van der Waals surface area contributed by atoms with E-state index in [1.54, 1.807) is 67.6 Å². The Bertz CT molecular complexity index is 1590. The van der Waals surface area contributed by atoms with Crippen molar-refractivity contribution in [2.45, 2.75) is 6.61 Å². The molecule has 2 aliphatic heterocycles. The predicted molar refractivity (Wildman–Crippen MR) is 170 cm³/mol. The Hall–Kier alpha value is -3.02. The van der Waals surface area contributed by atoms with Crippen molar-refractivity contribution in [3.05, 3.63) is 90.7 Å². The van der Waals surface area contributed by atoms with Crippen molar-refractivity contribution in [1.82, 2.24) is 9.80 Å². The van der Waals surface area contributed by atoms with Crippen LogP contribution in [0.3, 0.4) is 0 Å². The minimum atomic E-state index is -0.188. The normalized spacial score (nSPS) is 17.3. The van der Waals surface area contributed by atoms with Crippen LogP contribution in [0.5, 0.6) is 11.5 Å². The van der Waals surface area contributed by atoms with E-state index in [-0.39, 0.29) is 18.4 Å². The number of ether oxygens (including phenoxy) is 3. The Morgan fingerprint density at radius 1 is 1.14 bits per heavy atom. The van der Waals surface area contributed by atoms with E-state index in [9.17, 15) is 9.59 Å². The number of aliphatic imine (C=N–C) groups is 1. The van der Waals surface area contributed by atoms with Gasteiger partial charge in [0.1, 0.15) is 6.61 Å². The van der Waals surface area contributed by atoms with Crippen molar-refractivity contribution in [1.29, 1.82) is 0 Å². The van der Waals surface area contributed by atoms with Crippen molar-refractivity contribution in [2.75, 3.05) is 40.5 Å². The first-order valence-corrected chi connectivity index (χ1v) is 15.3. The van der Waals surface area contributed by atoms with Crippen LogP contribution in [-0.4, -0.2) is 67.2 Å². The second-order valence-corrected chi connectivity index (χ2v) is 12.1. The van der Waals surface area contributed by atoms with Gasteiger partial charge in [-0.1, -0.05) is 35.3 Å². The topological polar surface area (TPSA) is 80.7 Å². The number of thioether (sulfide) groups is 1. The molecule has 8 nitrogen and oxygen atoms in total. The van der Waals surface area contributed by atoms with Crippen LogP contribution in [0.1, 0.15) is 21.5 Å². The van der Waals surface area contributed by atoms with Gasteiger partial charge in [-0.15, -0.1) is 0 Å². The number of hydrogen-bond donors (Lipinski definition) is 0. The number of nitrogens with zero attached hydrogens (tertiary/aromatic N) is 3. The van der Waals surface area contributed by atoms with E-state index in [2.05, 4.69) is 20.9 Å². The number of hydrogen-bond acceptors (Lipinski definition) is 7. The largest absolute Gasteiger partial charge is 0.493 e. The summed E-state index contributed by atoms with van der Waals surface area (Å²) in [6.07, 6.45) is 1.78. The fourth-order valence-electron chi connectivity index (χ4n) is 4.32. The Kier molecular flexibility index (Phi) is 9.80. The molecule has 42 heavy (non-hydrogen) atoms. The summed E-state index contributed by atoms with van der Waals surface area (Å²) < 4.78 is 17.6. The number of carbonyl (C=O) groups excluding carboxylic acids is 2. The standard InChI is InChI=1S/C30H26BrCl2N3O5S/c1-35-29(38)26(42-30(35)34-22-5-3-4-19(15-22)28(37)36-8-10-40-11-9-36)14-18-12-23(31)27(25(13-18)39-2)41-17-20-6-7-21(32)16-24(20)33/h3-7,12-16H,8-11,17H2,1-2H3/b26-14+,34-30?. The molecule has 0 N–H and O–H groups in total. The first-order chi connectivity index (χ1) is 20.2. The lowest BCUT2D eigenvalue weighted by Gasteiger charge is -2.26. The summed E-state index contributed by atoms with van der Waals surface area (Å²) in [6.45, 7) is 2.39. The highest BCUT2D eigenvalue weighted by Crippen LogP contribution is 2.40. The van der Waals surface area contributed by atoms with Crippen molar-refractivity contribution >= 4 is 79.6 Å². The van der Waals surface area contributed by atoms with Crippen LogP contribution < -0.4 is 9.47 Å². The van der Waals surface area contributed by atoms with E-state index in [0.717, 1.165) is 11.1 Å². The third kappa shape index (κ3) is 6.95. The van der Waals surface area contributed by atoms with E-state index in [1.165, 1.54) is 16.7 Å². The molecule has 5 rings (SSSR count). The fourth-order valence-corrected chi connectivity index (χ4v) is 6.35. The molecular formula is C30H26BrCl2N3O5S. The van der Waals surface area contributed by atoms with Crippen LogP contribution in [0.2, 0.25) is 10.0 Å². The lowest BCUT2D eigenvalue weighted by molar-refractivity contribution is -0.121. The van der Waals surface area contributed by atoms with Crippen molar-refractivity contribution in [3.63, 3.8) is 0 Å². The van der Waals surface area contributed by atoms with Crippen molar-refractivity contribution < 1.29 is 23.8 Å². The van der Waals surface area contributed by atoms with Gasteiger partial charge in [-0.3, -0.25) is 14.5 Å². The second kappa shape index (κ2) is 13.5. The number of amides is 2. The Morgan fingerprint density at radius 3 is 2.67 bits per heavy atom. The number of amidine groups is 1. The van der Waals surface area contributed by atoms with Crippen molar-refractivity contribution in [2.24, 2.45) is 4.99 Å². The highest BCUT2D eigenvalue weighted by atomic mass is 79.9. The highest BCUT2D eigenvalue weighted by Gasteiger charge is 2.31. The summed E-state index contributed by atoms with van der Waals surface area (Å²) in [5.41, 5.74) is 2.65. The lowest BCUT2D eigenvalue weighted by atomic mass is 10.1. The summed E-state index contributed by atoms with van der Waals surface area (Å²) in [7, 11) is 3.22. The first kappa shape index (κ1) is 30.4. The van der Waals surface area contributed by atoms with E-state index in [0.29, 0.717) is 73.6 Å². The van der Waals surface area contributed by atoms with Gasteiger partial charge in [-0.2, -0.15) is 0 Å². The number of halogens is 3. The maximum Gasteiger partial charge on any atom is 0.266 e. The van der Waals surface area contributed by atoms with Crippen LogP contribution in [0, 0.1) is 0 Å². The van der Waals surface area contributed by atoms with Gasteiger partial charge in [-0.25, -0.2) is 4.99 Å². The molecule has 0 radical (unpaired) electrons. The smallest absolute Gasteiger partial charge is 0.266 e.